The van der Waals surface area contributed by atoms with Gasteiger partial charge in [0.2, 0.25) is 11.8 Å². The molecule has 5 heteroatoms. The summed E-state index contributed by atoms with van der Waals surface area (Å²) in [4.78, 5) is 26.7. The van der Waals surface area contributed by atoms with Crippen LogP contribution in [0, 0.1) is 6.92 Å². The topological polar surface area (TPSA) is 49.4 Å². The average Bonchev–Trinajstić information content (AvgIpc) is 2.60. The molecular formula is C20H22N2O2S. The van der Waals surface area contributed by atoms with Gasteiger partial charge in [0.15, 0.2) is 0 Å². The van der Waals surface area contributed by atoms with Crippen LogP contribution in [-0.4, -0.2) is 36.6 Å². The highest BCUT2D eigenvalue weighted by atomic mass is 32.2. The van der Waals surface area contributed by atoms with E-state index in [1.807, 2.05) is 61.7 Å². The number of likely N-dealkylation sites (N-methyl/N-ethyl adjacent to an activating group) is 1. The van der Waals surface area contributed by atoms with E-state index in [-0.39, 0.29) is 18.4 Å². The fourth-order valence-corrected chi connectivity index (χ4v) is 2.85. The lowest BCUT2D eigenvalue weighted by Gasteiger charge is -2.15. The van der Waals surface area contributed by atoms with E-state index in [1.165, 1.54) is 11.0 Å². The Kier molecular flexibility index (Phi) is 6.83. The highest BCUT2D eigenvalue weighted by molar-refractivity contribution is 7.98. The summed E-state index contributed by atoms with van der Waals surface area (Å²) < 4.78 is 0. The molecule has 0 aliphatic rings. The standard InChI is InChI=1S/C20H22N2O2S/c1-15-7-6-8-16(13-15)11-12-20(24)22(2)14-19(23)21-17-9-4-5-10-18(17)25-3/h4-13H,14H2,1-3H3,(H,21,23)/b12-11+. The second kappa shape index (κ2) is 9.08. The van der Waals surface area contributed by atoms with Crippen molar-refractivity contribution in [2.24, 2.45) is 0 Å². The van der Waals surface area contributed by atoms with Crippen LogP contribution in [0.3, 0.4) is 0 Å². The van der Waals surface area contributed by atoms with Crippen molar-refractivity contribution in [1.82, 2.24) is 4.90 Å². The third kappa shape index (κ3) is 5.80. The monoisotopic (exact) mass is 354 g/mol. The summed E-state index contributed by atoms with van der Waals surface area (Å²) in [6.07, 6.45) is 5.20. The largest absolute Gasteiger partial charge is 0.333 e. The molecular weight excluding hydrogens is 332 g/mol. The number of hydrogen-bond acceptors (Lipinski definition) is 3. The Labute approximate surface area is 152 Å². The molecule has 0 aromatic heterocycles. The van der Waals surface area contributed by atoms with E-state index in [9.17, 15) is 9.59 Å². The molecule has 2 rings (SSSR count). The predicted octanol–water partition coefficient (Wildman–Crippen LogP) is 3.83. The summed E-state index contributed by atoms with van der Waals surface area (Å²) in [6.45, 7) is 2.00. The number of amides is 2. The van der Waals surface area contributed by atoms with E-state index in [2.05, 4.69) is 5.32 Å². The molecule has 2 aromatic carbocycles. The lowest BCUT2D eigenvalue weighted by Crippen LogP contribution is -2.33. The maximum atomic E-state index is 12.2. The summed E-state index contributed by atoms with van der Waals surface area (Å²) in [7, 11) is 1.61. The van der Waals surface area contributed by atoms with Crippen molar-refractivity contribution in [2.75, 3.05) is 25.2 Å². The first-order valence-corrected chi connectivity index (χ1v) is 9.15. The Bertz CT molecular complexity index is 787. The van der Waals surface area contributed by atoms with Crippen LogP contribution in [0.15, 0.2) is 59.5 Å². The van der Waals surface area contributed by atoms with Gasteiger partial charge in [0.05, 0.1) is 12.2 Å². The van der Waals surface area contributed by atoms with E-state index in [0.29, 0.717) is 0 Å². The minimum atomic E-state index is -0.221. The second-order valence-corrected chi connectivity index (χ2v) is 6.54. The number of carbonyl (C=O) groups is 2. The van der Waals surface area contributed by atoms with E-state index in [1.54, 1.807) is 24.9 Å². The summed E-state index contributed by atoms with van der Waals surface area (Å²) in [5.74, 6) is -0.434. The zero-order chi connectivity index (χ0) is 18.2. The van der Waals surface area contributed by atoms with Crippen molar-refractivity contribution < 1.29 is 9.59 Å². The number of para-hydroxylation sites is 1. The van der Waals surface area contributed by atoms with Crippen LogP contribution >= 0.6 is 11.8 Å². The fourth-order valence-electron chi connectivity index (χ4n) is 2.30. The van der Waals surface area contributed by atoms with Crippen LogP contribution in [0.1, 0.15) is 11.1 Å². The number of thioether (sulfide) groups is 1. The average molecular weight is 354 g/mol. The summed E-state index contributed by atoms with van der Waals surface area (Å²) in [6, 6.07) is 15.5. The van der Waals surface area contributed by atoms with Gasteiger partial charge in [0.25, 0.3) is 0 Å². The van der Waals surface area contributed by atoms with Crippen molar-refractivity contribution in [2.45, 2.75) is 11.8 Å². The smallest absolute Gasteiger partial charge is 0.246 e. The number of benzene rings is 2. The second-order valence-electron chi connectivity index (χ2n) is 5.69. The van der Waals surface area contributed by atoms with Crippen molar-refractivity contribution in [1.29, 1.82) is 0 Å². The predicted molar refractivity (Wildman–Crippen MR) is 105 cm³/mol. The summed E-state index contributed by atoms with van der Waals surface area (Å²) >= 11 is 1.56. The highest BCUT2D eigenvalue weighted by Gasteiger charge is 2.12. The van der Waals surface area contributed by atoms with Crippen LogP contribution in [0.4, 0.5) is 5.69 Å². The van der Waals surface area contributed by atoms with Crippen LogP contribution in [0.25, 0.3) is 6.08 Å². The van der Waals surface area contributed by atoms with Gasteiger partial charge in [-0.15, -0.1) is 11.8 Å². The van der Waals surface area contributed by atoms with Gasteiger partial charge in [-0.05, 0) is 37.0 Å². The van der Waals surface area contributed by atoms with Crippen molar-refractivity contribution in [3.63, 3.8) is 0 Å². The molecule has 0 bridgehead atoms. The zero-order valence-corrected chi connectivity index (χ0v) is 15.5. The van der Waals surface area contributed by atoms with Crippen LogP contribution in [0.2, 0.25) is 0 Å². The molecule has 1 N–H and O–H groups in total. The molecule has 0 aliphatic heterocycles. The van der Waals surface area contributed by atoms with Gasteiger partial charge in [-0.1, -0.05) is 42.0 Å². The third-order valence-electron chi connectivity index (χ3n) is 3.60. The Balaban J connectivity index is 1.93. The number of rotatable bonds is 6. The first-order chi connectivity index (χ1) is 12.0. The molecule has 0 aliphatic carbocycles. The third-order valence-corrected chi connectivity index (χ3v) is 4.39. The van der Waals surface area contributed by atoms with Crippen LogP contribution in [-0.2, 0) is 9.59 Å². The number of carbonyl (C=O) groups excluding carboxylic acids is 2. The minimum Gasteiger partial charge on any atom is -0.333 e. The quantitative estimate of drug-likeness (QED) is 0.634. The van der Waals surface area contributed by atoms with E-state index in [4.69, 9.17) is 0 Å². The van der Waals surface area contributed by atoms with Crippen LogP contribution < -0.4 is 5.32 Å². The van der Waals surface area contributed by atoms with Crippen molar-refractivity contribution in [3.05, 3.63) is 65.7 Å². The Morgan fingerprint density at radius 2 is 1.92 bits per heavy atom. The minimum absolute atomic E-state index is 0.000292. The molecule has 4 nitrogen and oxygen atoms in total. The van der Waals surface area contributed by atoms with Gasteiger partial charge in [-0.3, -0.25) is 9.59 Å². The molecule has 0 unspecified atom stereocenters. The maximum Gasteiger partial charge on any atom is 0.246 e. The number of nitrogens with zero attached hydrogens (tertiary/aromatic N) is 1. The first kappa shape index (κ1) is 18.8. The fraction of sp³-hybridized carbons (Fsp3) is 0.200. The summed E-state index contributed by atoms with van der Waals surface area (Å²) in [5, 5.41) is 2.85. The molecule has 0 spiro atoms. The zero-order valence-electron chi connectivity index (χ0n) is 14.7. The van der Waals surface area contributed by atoms with Crippen molar-refractivity contribution >= 4 is 35.3 Å². The number of hydrogen-bond donors (Lipinski definition) is 1. The molecule has 0 heterocycles. The molecule has 0 atom stereocenters. The summed E-state index contributed by atoms with van der Waals surface area (Å²) in [5.41, 5.74) is 2.85. The van der Waals surface area contributed by atoms with Gasteiger partial charge in [-0.25, -0.2) is 0 Å². The Hall–Kier alpha value is -2.53. The lowest BCUT2D eigenvalue weighted by molar-refractivity contribution is -0.129. The molecule has 2 aromatic rings. The first-order valence-electron chi connectivity index (χ1n) is 7.92. The van der Waals surface area contributed by atoms with Gasteiger partial charge >= 0.3 is 0 Å². The molecule has 2 amide bonds. The highest BCUT2D eigenvalue weighted by Crippen LogP contribution is 2.24. The Morgan fingerprint density at radius 3 is 2.64 bits per heavy atom. The lowest BCUT2D eigenvalue weighted by atomic mass is 10.1. The van der Waals surface area contributed by atoms with Crippen molar-refractivity contribution in [3.8, 4) is 0 Å². The number of aryl methyl sites for hydroxylation is 1. The molecule has 130 valence electrons. The maximum absolute atomic E-state index is 12.2. The van der Waals surface area contributed by atoms with E-state index >= 15 is 0 Å². The van der Waals surface area contributed by atoms with E-state index < -0.39 is 0 Å². The van der Waals surface area contributed by atoms with Gasteiger partial charge in [0, 0.05) is 18.0 Å². The normalized spacial score (nSPS) is 10.7. The SMILES string of the molecule is CSc1ccccc1NC(=O)CN(C)C(=O)/C=C/c1cccc(C)c1. The molecule has 0 saturated carbocycles. The van der Waals surface area contributed by atoms with E-state index in [0.717, 1.165) is 21.7 Å². The number of anilines is 1. The molecule has 25 heavy (non-hydrogen) atoms. The Morgan fingerprint density at radius 1 is 1.16 bits per heavy atom. The van der Waals surface area contributed by atoms with Gasteiger partial charge in [-0.2, -0.15) is 0 Å². The number of nitrogens with one attached hydrogen (secondary N) is 1. The molecule has 0 fully saturated rings. The molecule has 0 radical (unpaired) electrons. The molecule has 0 saturated heterocycles. The van der Waals surface area contributed by atoms with Crippen LogP contribution in [0.5, 0.6) is 0 Å². The van der Waals surface area contributed by atoms with Gasteiger partial charge < -0.3 is 10.2 Å². The van der Waals surface area contributed by atoms with Gasteiger partial charge in [0.1, 0.15) is 0 Å².